The maximum absolute atomic E-state index is 10.0. The summed E-state index contributed by atoms with van der Waals surface area (Å²) in [5, 5.41) is 23.0. The third kappa shape index (κ3) is 4.82. The molecule has 1 aliphatic rings. The molecule has 2 heterocycles. The number of nitrogens with zero attached hydrogens (tertiary/aromatic N) is 4. The highest BCUT2D eigenvalue weighted by atomic mass is 15.0. The highest BCUT2D eigenvalue weighted by Crippen LogP contribution is 2.44. The van der Waals surface area contributed by atoms with E-state index in [1.165, 1.54) is 5.39 Å². The SMILES string of the molecule is C=Cc1c(/C=C\C)c2ccccc2n1C1C=CC(C#N)=CC1c1ccccc1-c1ccc(-n2c3ccccc3c3cc(C#N)ccc32)cc1. The molecule has 2 unspecified atom stereocenters. The minimum Gasteiger partial charge on any atom is -0.332 e. The molecular weight excluding hydrogens is 597 g/mol. The standard InChI is InChI=1S/C45H32N4/c1-3-11-36-37-14-7-10-17-43(37)49(41(36)4-2)45-25-19-30(28-46)26-39(45)35-13-6-5-12-34(35)32-20-22-33(23-21-32)48-42-16-9-8-15-38(42)40-27-31(29-47)18-24-44(40)48/h3-27,39,45H,2H2,1H3/b11-3-. The summed E-state index contributed by atoms with van der Waals surface area (Å²) in [6.45, 7) is 6.27. The number of nitriles is 2. The molecule has 0 bridgehead atoms. The van der Waals surface area contributed by atoms with E-state index in [9.17, 15) is 10.5 Å². The summed E-state index contributed by atoms with van der Waals surface area (Å²) in [6.07, 6.45) is 12.4. The Labute approximate surface area is 285 Å². The van der Waals surface area contributed by atoms with E-state index in [1.807, 2.05) is 43.3 Å². The number of fused-ring (bicyclic) bond motifs is 4. The molecule has 49 heavy (non-hydrogen) atoms. The predicted octanol–water partition coefficient (Wildman–Crippen LogP) is 11.3. The molecule has 4 heteroatoms. The van der Waals surface area contributed by atoms with E-state index >= 15 is 0 Å². The zero-order chi connectivity index (χ0) is 33.5. The van der Waals surface area contributed by atoms with Crippen LogP contribution in [0.4, 0.5) is 0 Å². The van der Waals surface area contributed by atoms with E-state index in [4.69, 9.17) is 0 Å². The lowest BCUT2D eigenvalue weighted by Gasteiger charge is -2.30. The van der Waals surface area contributed by atoms with Gasteiger partial charge in [-0.3, -0.25) is 0 Å². The Hall–Kier alpha value is -6.62. The molecule has 8 rings (SSSR count). The van der Waals surface area contributed by atoms with Gasteiger partial charge in [0.15, 0.2) is 0 Å². The van der Waals surface area contributed by atoms with Gasteiger partial charge in [-0.25, -0.2) is 0 Å². The number of benzene rings is 5. The first-order valence-corrected chi connectivity index (χ1v) is 16.5. The second-order valence-corrected chi connectivity index (χ2v) is 12.3. The number of allylic oxidation sites excluding steroid dienone is 5. The van der Waals surface area contributed by atoms with Crippen molar-refractivity contribution in [2.24, 2.45) is 0 Å². The summed E-state index contributed by atoms with van der Waals surface area (Å²) in [7, 11) is 0. The molecule has 7 aromatic rings. The fraction of sp³-hybridized carbons (Fsp3) is 0.0667. The number of rotatable bonds is 6. The van der Waals surface area contributed by atoms with Crippen LogP contribution in [0.25, 0.3) is 61.7 Å². The van der Waals surface area contributed by atoms with Gasteiger partial charge in [0.25, 0.3) is 0 Å². The summed E-state index contributed by atoms with van der Waals surface area (Å²) in [5.41, 5.74) is 11.2. The third-order valence-electron chi connectivity index (χ3n) is 9.70. The molecule has 0 saturated carbocycles. The van der Waals surface area contributed by atoms with Crippen LogP contribution in [0.3, 0.4) is 0 Å². The molecule has 0 amide bonds. The largest absolute Gasteiger partial charge is 0.332 e. The minimum atomic E-state index is -0.102. The first-order chi connectivity index (χ1) is 24.1. The van der Waals surface area contributed by atoms with Crippen LogP contribution < -0.4 is 0 Å². The Kier molecular flexibility index (Phi) is 7.41. The van der Waals surface area contributed by atoms with Gasteiger partial charge in [0.2, 0.25) is 0 Å². The van der Waals surface area contributed by atoms with Gasteiger partial charge in [0.1, 0.15) is 0 Å². The summed E-state index contributed by atoms with van der Waals surface area (Å²) >= 11 is 0. The van der Waals surface area contributed by atoms with Crippen molar-refractivity contribution in [3.05, 3.63) is 174 Å². The molecule has 0 spiro atoms. The van der Waals surface area contributed by atoms with Crippen molar-refractivity contribution in [3.63, 3.8) is 0 Å². The van der Waals surface area contributed by atoms with Crippen LogP contribution in [0.2, 0.25) is 0 Å². The zero-order valence-electron chi connectivity index (χ0n) is 27.1. The molecule has 5 aromatic carbocycles. The summed E-state index contributed by atoms with van der Waals surface area (Å²) in [5.74, 6) is -0.102. The number of aromatic nitrogens is 2. The lowest BCUT2D eigenvalue weighted by Crippen LogP contribution is -2.19. The Morgan fingerprint density at radius 2 is 1.45 bits per heavy atom. The van der Waals surface area contributed by atoms with Gasteiger partial charge >= 0.3 is 0 Å². The molecule has 0 saturated heterocycles. The molecular formula is C45H32N4. The van der Waals surface area contributed by atoms with Crippen LogP contribution in [-0.2, 0) is 0 Å². The van der Waals surface area contributed by atoms with Gasteiger partial charge in [-0.05, 0) is 78.2 Å². The lowest BCUT2D eigenvalue weighted by molar-refractivity contribution is 0.557. The van der Waals surface area contributed by atoms with Crippen molar-refractivity contribution in [1.82, 2.24) is 9.13 Å². The van der Waals surface area contributed by atoms with Crippen LogP contribution in [0, 0.1) is 22.7 Å². The average Bonchev–Trinajstić information content (AvgIpc) is 3.66. The van der Waals surface area contributed by atoms with Gasteiger partial charge in [-0.15, -0.1) is 0 Å². The number of para-hydroxylation sites is 2. The second-order valence-electron chi connectivity index (χ2n) is 12.3. The second kappa shape index (κ2) is 12.2. The van der Waals surface area contributed by atoms with E-state index in [0.29, 0.717) is 11.1 Å². The van der Waals surface area contributed by atoms with Crippen LogP contribution >= 0.6 is 0 Å². The van der Waals surface area contributed by atoms with Gasteiger partial charge in [0, 0.05) is 50.1 Å². The van der Waals surface area contributed by atoms with Crippen molar-refractivity contribution < 1.29 is 0 Å². The average molecular weight is 629 g/mol. The molecule has 4 nitrogen and oxygen atoms in total. The summed E-state index contributed by atoms with van der Waals surface area (Å²) < 4.78 is 4.64. The summed E-state index contributed by atoms with van der Waals surface area (Å²) in [4.78, 5) is 0. The summed E-state index contributed by atoms with van der Waals surface area (Å²) in [6, 6.07) is 44.6. The van der Waals surface area contributed by atoms with Crippen molar-refractivity contribution in [2.75, 3.05) is 0 Å². The van der Waals surface area contributed by atoms with E-state index in [0.717, 1.165) is 61.0 Å². The van der Waals surface area contributed by atoms with Crippen LogP contribution in [-0.4, -0.2) is 9.13 Å². The Morgan fingerprint density at radius 3 is 2.20 bits per heavy atom. The van der Waals surface area contributed by atoms with Crippen LogP contribution in [0.15, 0.2) is 152 Å². The minimum absolute atomic E-state index is 0.0784. The molecule has 0 aliphatic heterocycles. The Morgan fingerprint density at radius 1 is 0.735 bits per heavy atom. The number of hydrogen-bond acceptors (Lipinski definition) is 2. The first-order valence-electron chi connectivity index (χ1n) is 16.5. The van der Waals surface area contributed by atoms with E-state index in [1.54, 1.807) is 0 Å². The molecule has 2 aromatic heterocycles. The molecule has 2 atom stereocenters. The fourth-order valence-electron chi connectivity index (χ4n) is 7.61. The van der Waals surface area contributed by atoms with Gasteiger partial charge in [0.05, 0.1) is 34.8 Å². The zero-order valence-corrected chi connectivity index (χ0v) is 27.1. The molecule has 0 fully saturated rings. The Balaban J connectivity index is 1.26. The van der Waals surface area contributed by atoms with Gasteiger partial charge in [-0.1, -0.05) is 104 Å². The van der Waals surface area contributed by atoms with Crippen molar-refractivity contribution in [2.45, 2.75) is 18.9 Å². The normalized spacial score (nSPS) is 15.9. The molecule has 1 aliphatic carbocycles. The Bertz CT molecular complexity index is 2610. The molecule has 0 N–H and O–H groups in total. The highest BCUT2D eigenvalue weighted by Gasteiger charge is 2.30. The first kappa shape index (κ1) is 29.8. The van der Waals surface area contributed by atoms with E-state index < -0.39 is 0 Å². The maximum Gasteiger partial charge on any atom is 0.0991 e. The predicted molar refractivity (Wildman–Crippen MR) is 202 cm³/mol. The fourth-order valence-corrected chi connectivity index (χ4v) is 7.61. The topological polar surface area (TPSA) is 57.4 Å². The van der Waals surface area contributed by atoms with Gasteiger partial charge < -0.3 is 9.13 Å². The highest BCUT2D eigenvalue weighted by molar-refractivity contribution is 6.09. The van der Waals surface area contributed by atoms with Gasteiger partial charge in [-0.2, -0.15) is 10.5 Å². The van der Waals surface area contributed by atoms with Crippen LogP contribution in [0.1, 0.15) is 41.3 Å². The van der Waals surface area contributed by atoms with Crippen LogP contribution in [0.5, 0.6) is 0 Å². The van der Waals surface area contributed by atoms with Crippen molar-refractivity contribution in [1.29, 1.82) is 10.5 Å². The number of hydrogen-bond donors (Lipinski definition) is 0. The van der Waals surface area contributed by atoms with Crippen molar-refractivity contribution in [3.8, 4) is 29.0 Å². The van der Waals surface area contributed by atoms with E-state index in [-0.39, 0.29) is 12.0 Å². The smallest absolute Gasteiger partial charge is 0.0991 e. The maximum atomic E-state index is 10.0. The van der Waals surface area contributed by atoms with E-state index in [2.05, 4.69) is 143 Å². The third-order valence-corrected chi connectivity index (χ3v) is 9.70. The quantitative estimate of drug-likeness (QED) is 0.184. The monoisotopic (exact) mass is 628 g/mol. The van der Waals surface area contributed by atoms with Crippen molar-refractivity contribution >= 4 is 44.9 Å². The molecule has 0 radical (unpaired) electrons. The lowest BCUT2D eigenvalue weighted by atomic mass is 9.81. The molecule has 232 valence electrons.